The van der Waals surface area contributed by atoms with E-state index in [1.54, 1.807) is 0 Å². The molecule has 5 nitrogen and oxygen atoms in total. The normalized spacial score (nSPS) is 13.6. The van der Waals surface area contributed by atoms with Gasteiger partial charge < -0.3 is 5.32 Å². The van der Waals surface area contributed by atoms with Crippen LogP contribution in [-0.2, 0) is 21.2 Å². The number of benzene rings is 2. The SMILES string of the molecule is C[C@H](CCc1ccccc1)NC(=O)[C@H](C)N(c1cc(Cl)cc(Cl)c1)S(C)(=O)=O. The van der Waals surface area contributed by atoms with Gasteiger partial charge in [0.05, 0.1) is 11.9 Å². The number of hydrogen-bond donors (Lipinski definition) is 1. The van der Waals surface area contributed by atoms with Crippen LogP contribution in [0.4, 0.5) is 5.69 Å². The van der Waals surface area contributed by atoms with Gasteiger partial charge in [0.25, 0.3) is 0 Å². The number of carbonyl (C=O) groups excluding carboxylic acids is 1. The van der Waals surface area contributed by atoms with Crippen LogP contribution in [0, 0.1) is 0 Å². The molecule has 1 amide bonds. The molecule has 2 aromatic rings. The lowest BCUT2D eigenvalue weighted by molar-refractivity contribution is -0.122. The molecule has 0 saturated carbocycles. The second-order valence-corrected chi connectivity index (χ2v) is 9.53. The Hall–Kier alpha value is -1.76. The van der Waals surface area contributed by atoms with E-state index < -0.39 is 16.1 Å². The van der Waals surface area contributed by atoms with E-state index in [4.69, 9.17) is 23.2 Å². The molecule has 8 heteroatoms. The van der Waals surface area contributed by atoms with Crippen molar-refractivity contribution >= 4 is 44.8 Å². The highest BCUT2D eigenvalue weighted by Gasteiger charge is 2.30. The van der Waals surface area contributed by atoms with Crippen molar-refractivity contribution in [3.8, 4) is 0 Å². The lowest BCUT2D eigenvalue weighted by Crippen LogP contribution is -2.50. The van der Waals surface area contributed by atoms with Crippen LogP contribution in [0.5, 0.6) is 0 Å². The summed E-state index contributed by atoms with van der Waals surface area (Å²) in [5.74, 6) is -0.387. The molecule has 0 heterocycles. The third kappa shape index (κ3) is 6.40. The number of anilines is 1. The van der Waals surface area contributed by atoms with Gasteiger partial charge in [-0.2, -0.15) is 0 Å². The Kier molecular flexibility index (Phi) is 7.75. The van der Waals surface area contributed by atoms with E-state index in [1.807, 2.05) is 37.3 Å². The molecule has 0 spiro atoms. The van der Waals surface area contributed by atoms with Crippen LogP contribution in [0.2, 0.25) is 10.0 Å². The van der Waals surface area contributed by atoms with Gasteiger partial charge in [0, 0.05) is 16.1 Å². The molecule has 0 aliphatic rings. The number of aryl methyl sites for hydroxylation is 1. The number of halogens is 2. The van der Waals surface area contributed by atoms with E-state index >= 15 is 0 Å². The maximum atomic E-state index is 12.7. The van der Waals surface area contributed by atoms with E-state index in [-0.39, 0.29) is 17.6 Å². The fourth-order valence-electron chi connectivity index (χ4n) is 2.94. The van der Waals surface area contributed by atoms with Gasteiger partial charge in [-0.1, -0.05) is 53.5 Å². The number of nitrogens with zero attached hydrogens (tertiary/aromatic N) is 1. The number of sulfonamides is 1. The van der Waals surface area contributed by atoms with E-state index in [0.29, 0.717) is 10.0 Å². The fraction of sp³-hybridized carbons (Fsp3) is 0.350. The Balaban J connectivity index is 2.11. The summed E-state index contributed by atoms with van der Waals surface area (Å²) in [5.41, 5.74) is 1.43. The lowest BCUT2D eigenvalue weighted by atomic mass is 10.1. The zero-order valence-corrected chi connectivity index (χ0v) is 18.4. The molecule has 28 heavy (non-hydrogen) atoms. The topological polar surface area (TPSA) is 66.5 Å². The molecule has 0 saturated heterocycles. The average molecular weight is 443 g/mol. The molecule has 0 bridgehead atoms. The first kappa shape index (κ1) is 22.5. The monoisotopic (exact) mass is 442 g/mol. The van der Waals surface area contributed by atoms with Gasteiger partial charge in [0.1, 0.15) is 6.04 Å². The molecule has 0 unspecified atom stereocenters. The smallest absolute Gasteiger partial charge is 0.243 e. The van der Waals surface area contributed by atoms with Crippen molar-refractivity contribution < 1.29 is 13.2 Å². The van der Waals surface area contributed by atoms with Crippen LogP contribution >= 0.6 is 23.2 Å². The first-order chi connectivity index (χ1) is 13.1. The number of rotatable bonds is 8. The second-order valence-electron chi connectivity index (χ2n) is 6.80. The first-order valence-corrected chi connectivity index (χ1v) is 11.5. The highest BCUT2D eigenvalue weighted by molar-refractivity contribution is 7.92. The van der Waals surface area contributed by atoms with Gasteiger partial charge in [0.15, 0.2) is 0 Å². The molecular formula is C20H24Cl2N2O3S. The summed E-state index contributed by atoms with van der Waals surface area (Å²) in [6.07, 6.45) is 2.60. The van der Waals surface area contributed by atoms with Crippen molar-refractivity contribution in [1.29, 1.82) is 0 Å². The summed E-state index contributed by atoms with van der Waals surface area (Å²) in [4.78, 5) is 12.7. The molecule has 0 radical (unpaired) electrons. The third-order valence-electron chi connectivity index (χ3n) is 4.29. The molecule has 0 aliphatic heterocycles. The molecule has 2 aromatic carbocycles. The molecular weight excluding hydrogens is 419 g/mol. The Labute approximate surface area is 176 Å². The van der Waals surface area contributed by atoms with Crippen molar-refractivity contribution in [2.75, 3.05) is 10.6 Å². The van der Waals surface area contributed by atoms with Crippen LogP contribution in [0.3, 0.4) is 0 Å². The molecule has 152 valence electrons. The van der Waals surface area contributed by atoms with Crippen molar-refractivity contribution in [1.82, 2.24) is 5.32 Å². The minimum Gasteiger partial charge on any atom is -0.352 e. The Morgan fingerprint density at radius 1 is 1.07 bits per heavy atom. The van der Waals surface area contributed by atoms with E-state index in [0.717, 1.165) is 23.4 Å². The van der Waals surface area contributed by atoms with Crippen LogP contribution < -0.4 is 9.62 Å². The van der Waals surface area contributed by atoms with Gasteiger partial charge in [-0.05, 0) is 50.5 Å². The maximum absolute atomic E-state index is 12.7. The highest BCUT2D eigenvalue weighted by atomic mass is 35.5. The summed E-state index contributed by atoms with van der Waals surface area (Å²) in [5, 5.41) is 3.47. The van der Waals surface area contributed by atoms with Crippen LogP contribution in [-0.4, -0.2) is 32.7 Å². The van der Waals surface area contributed by atoms with Crippen LogP contribution in [0.15, 0.2) is 48.5 Å². The predicted octanol–water partition coefficient (Wildman–Crippen LogP) is 4.29. The average Bonchev–Trinajstić information content (AvgIpc) is 2.59. The number of carbonyl (C=O) groups is 1. The number of hydrogen-bond acceptors (Lipinski definition) is 3. The van der Waals surface area contributed by atoms with Crippen LogP contribution in [0.1, 0.15) is 25.8 Å². The Morgan fingerprint density at radius 2 is 1.64 bits per heavy atom. The van der Waals surface area contributed by atoms with Gasteiger partial charge >= 0.3 is 0 Å². The van der Waals surface area contributed by atoms with E-state index in [2.05, 4.69) is 5.32 Å². The maximum Gasteiger partial charge on any atom is 0.243 e. The van der Waals surface area contributed by atoms with Crippen molar-refractivity contribution in [3.05, 3.63) is 64.1 Å². The molecule has 0 aromatic heterocycles. The summed E-state index contributed by atoms with van der Waals surface area (Å²) in [6.45, 7) is 3.43. The van der Waals surface area contributed by atoms with E-state index in [9.17, 15) is 13.2 Å². The minimum absolute atomic E-state index is 0.112. The molecule has 0 aliphatic carbocycles. The van der Waals surface area contributed by atoms with Gasteiger partial charge in [-0.25, -0.2) is 8.42 Å². The zero-order chi connectivity index (χ0) is 20.9. The largest absolute Gasteiger partial charge is 0.352 e. The highest BCUT2D eigenvalue weighted by Crippen LogP contribution is 2.28. The molecule has 2 atom stereocenters. The Morgan fingerprint density at radius 3 is 2.18 bits per heavy atom. The van der Waals surface area contributed by atoms with Crippen molar-refractivity contribution in [2.24, 2.45) is 0 Å². The number of amides is 1. The summed E-state index contributed by atoms with van der Waals surface area (Å²) < 4.78 is 25.7. The quantitative estimate of drug-likeness (QED) is 0.662. The standard InChI is InChI=1S/C20H24Cl2N2O3S/c1-14(9-10-16-7-5-4-6-8-16)23-20(25)15(2)24(28(3,26)27)19-12-17(21)11-18(22)13-19/h4-8,11-15H,9-10H2,1-3H3,(H,23,25)/t14-,15+/m1/s1. The van der Waals surface area contributed by atoms with Crippen molar-refractivity contribution in [3.63, 3.8) is 0 Å². The summed E-state index contributed by atoms with van der Waals surface area (Å²) >= 11 is 12.0. The van der Waals surface area contributed by atoms with E-state index in [1.165, 1.54) is 30.7 Å². The van der Waals surface area contributed by atoms with Gasteiger partial charge in [-0.15, -0.1) is 0 Å². The van der Waals surface area contributed by atoms with Gasteiger partial charge in [-0.3, -0.25) is 9.10 Å². The van der Waals surface area contributed by atoms with Gasteiger partial charge in [0.2, 0.25) is 15.9 Å². The van der Waals surface area contributed by atoms with Crippen molar-refractivity contribution in [2.45, 2.75) is 38.8 Å². The zero-order valence-electron chi connectivity index (χ0n) is 16.0. The molecule has 1 N–H and O–H groups in total. The molecule has 0 fully saturated rings. The summed E-state index contributed by atoms with van der Waals surface area (Å²) in [7, 11) is -3.73. The number of nitrogens with one attached hydrogen (secondary N) is 1. The van der Waals surface area contributed by atoms with Crippen LogP contribution in [0.25, 0.3) is 0 Å². The Bertz CT molecular complexity index is 900. The minimum atomic E-state index is -3.73. The predicted molar refractivity (Wildman–Crippen MR) is 116 cm³/mol. The second kappa shape index (κ2) is 9.63. The lowest BCUT2D eigenvalue weighted by Gasteiger charge is -2.29. The molecule has 2 rings (SSSR count). The third-order valence-corrected chi connectivity index (χ3v) is 5.97. The first-order valence-electron chi connectivity index (χ1n) is 8.87. The summed E-state index contributed by atoms with van der Waals surface area (Å²) in [6, 6.07) is 13.3. The fourth-order valence-corrected chi connectivity index (χ4v) is 4.61.